The summed E-state index contributed by atoms with van der Waals surface area (Å²) >= 11 is 1.52. The minimum Gasteiger partial charge on any atom is -0.198 e. The standard InChI is InChI=1S/C5H6NS/c1-2-7-5-3-4-6/h2-3H,1,5H2. The van der Waals surface area contributed by atoms with Gasteiger partial charge in [-0.05, 0) is 5.41 Å². The summed E-state index contributed by atoms with van der Waals surface area (Å²) in [6, 6.07) is 1.91. The molecule has 0 amide bonds. The Morgan fingerprint density at radius 2 is 2.57 bits per heavy atom. The van der Waals surface area contributed by atoms with E-state index in [-0.39, 0.29) is 0 Å². The Morgan fingerprint density at radius 3 is 3.00 bits per heavy atom. The van der Waals surface area contributed by atoms with E-state index in [1.165, 1.54) is 18.2 Å². The number of thioether (sulfide) groups is 1. The molecule has 0 heterocycles. The van der Waals surface area contributed by atoms with E-state index < -0.39 is 0 Å². The van der Waals surface area contributed by atoms with Crippen molar-refractivity contribution >= 4 is 11.8 Å². The van der Waals surface area contributed by atoms with Crippen LogP contribution in [0.1, 0.15) is 0 Å². The summed E-state index contributed by atoms with van der Waals surface area (Å²) < 4.78 is 0. The second kappa shape index (κ2) is 5.58. The zero-order valence-electron chi connectivity index (χ0n) is 3.92. The summed E-state index contributed by atoms with van der Waals surface area (Å²) in [5.41, 5.74) is 0. The van der Waals surface area contributed by atoms with Crippen molar-refractivity contribution in [3.8, 4) is 6.07 Å². The highest BCUT2D eigenvalue weighted by molar-refractivity contribution is 8.02. The molecular weight excluding hydrogens is 106 g/mol. The van der Waals surface area contributed by atoms with Gasteiger partial charge in [-0.2, -0.15) is 5.26 Å². The van der Waals surface area contributed by atoms with Gasteiger partial charge in [0.2, 0.25) is 0 Å². The molecule has 0 fully saturated rings. The van der Waals surface area contributed by atoms with Crippen LogP contribution in [0.3, 0.4) is 0 Å². The first-order valence-electron chi connectivity index (χ1n) is 1.85. The zero-order chi connectivity index (χ0) is 5.54. The average Bonchev–Trinajstić information content (AvgIpc) is 1.69. The van der Waals surface area contributed by atoms with Crippen molar-refractivity contribution in [3.63, 3.8) is 0 Å². The molecule has 0 unspecified atom stereocenters. The van der Waals surface area contributed by atoms with Crippen molar-refractivity contribution < 1.29 is 0 Å². The topological polar surface area (TPSA) is 23.8 Å². The third-order valence-electron chi connectivity index (χ3n) is 0.389. The molecule has 1 nitrogen and oxygen atoms in total. The van der Waals surface area contributed by atoms with Crippen molar-refractivity contribution in [2.75, 3.05) is 5.75 Å². The Hall–Kier alpha value is -0.420. The Bertz CT molecular complexity index is 82.6. The van der Waals surface area contributed by atoms with Crippen molar-refractivity contribution in [3.05, 3.63) is 18.4 Å². The minimum absolute atomic E-state index is 0.750. The van der Waals surface area contributed by atoms with Crippen LogP contribution < -0.4 is 0 Å². The Labute approximate surface area is 48.0 Å². The summed E-state index contributed by atoms with van der Waals surface area (Å²) in [5, 5.41) is 9.66. The summed E-state index contributed by atoms with van der Waals surface area (Å²) in [7, 11) is 0. The molecule has 0 atom stereocenters. The molecule has 0 bridgehead atoms. The fraction of sp³-hybridized carbons (Fsp3) is 0.200. The SMILES string of the molecule is C=CSC[CH]C#N. The van der Waals surface area contributed by atoms with Gasteiger partial charge in [0.05, 0.1) is 12.5 Å². The molecule has 0 saturated carbocycles. The van der Waals surface area contributed by atoms with E-state index in [0.717, 1.165) is 5.75 Å². The molecule has 0 N–H and O–H groups in total. The van der Waals surface area contributed by atoms with Gasteiger partial charge in [-0.1, -0.05) is 6.58 Å². The summed E-state index contributed by atoms with van der Waals surface area (Å²) in [4.78, 5) is 0. The molecule has 2 heteroatoms. The van der Waals surface area contributed by atoms with Gasteiger partial charge in [0.1, 0.15) is 0 Å². The third-order valence-corrected chi connectivity index (χ3v) is 0.984. The largest absolute Gasteiger partial charge is 0.198 e. The van der Waals surface area contributed by atoms with E-state index in [4.69, 9.17) is 5.26 Å². The van der Waals surface area contributed by atoms with Crippen molar-refractivity contribution in [1.82, 2.24) is 0 Å². The minimum atomic E-state index is 0.750. The lowest BCUT2D eigenvalue weighted by molar-refractivity contribution is 1.47. The predicted molar refractivity (Wildman–Crippen MR) is 32.6 cm³/mol. The van der Waals surface area contributed by atoms with Crippen LogP contribution in [0.2, 0.25) is 0 Å². The fourth-order valence-electron chi connectivity index (χ4n) is 0.153. The van der Waals surface area contributed by atoms with Crippen LogP contribution in [0.15, 0.2) is 12.0 Å². The normalized spacial score (nSPS) is 7.29. The van der Waals surface area contributed by atoms with Gasteiger partial charge in [-0.3, -0.25) is 0 Å². The maximum Gasteiger partial charge on any atom is 0.0723 e. The van der Waals surface area contributed by atoms with Crippen LogP contribution in [0.25, 0.3) is 0 Å². The van der Waals surface area contributed by atoms with Crippen LogP contribution in [-0.4, -0.2) is 5.75 Å². The van der Waals surface area contributed by atoms with E-state index in [1.807, 2.05) is 6.07 Å². The van der Waals surface area contributed by atoms with E-state index in [0.29, 0.717) is 0 Å². The molecule has 0 spiro atoms. The molecule has 0 saturated heterocycles. The lowest BCUT2D eigenvalue weighted by atomic mass is 10.6. The van der Waals surface area contributed by atoms with Crippen LogP contribution >= 0.6 is 11.8 Å². The third kappa shape index (κ3) is 5.58. The number of rotatable bonds is 3. The maximum atomic E-state index is 7.94. The lowest BCUT2D eigenvalue weighted by Crippen LogP contribution is -1.69. The molecule has 7 heavy (non-hydrogen) atoms. The molecule has 0 aliphatic heterocycles. The summed E-state index contributed by atoms with van der Waals surface area (Å²) in [6.45, 7) is 3.47. The Balaban J connectivity index is 2.72. The van der Waals surface area contributed by atoms with Gasteiger partial charge in [0.25, 0.3) is 0 Å². The molecular formula is C5H6NS. The van der Waals surface area contributed by atoms with E-state index in [9.17, 15) is 0 Å². The predicted octanol–water partition coefficient (Wildman–Crippen LogP) is 1.59. The second-order valence-corrected chi connectivity index (χ2v) is 1.83. The first kappa shape index (κ1) is 6.58. The zero-order valence-corrected chi connectivity index (χ0v) is 4.74. The molecule has 0 aromatic rings. The van der Waals surface area contributed by atoms with E-state index in [1.54, 1.807) is 5.41 Å². The van der Waals surface area contributed by atoms with Crippen molar-refractivity contribution in [1.29, 1.82) is 5.26 Å². The molecule has 0 aromatic heterocycles. The van der Waals surface area contributed by atoms with Gasteiger partial charge in [-0.25, -0.2) is 0 Å². The van der Waals surface area contributed by atoms with Crippen molar-refractivity contribution in [2.45, 2.75) is 0 Å². The molecule has 0 aliphatic carbocycles. The van der Waals surface area contributed by atoms with Gasteiger partial charge in [0.15, 0.2) is 0 Å². The molecule has 37 valence electrons. The van der Waals surface area contributed by atoms with Crippen LogP contribution in [-0.2, 0) is 0 Å². The first-order chi connectivity index (χ1) is 3.41. The highest BCUT2D eigenvalue weighted by Crippen LogP contribution is 1.99. The molecule has 0 aromatic carbocycles. The molecule has 0 rings (SSSR count). The average molecular weight is 112 g/mol. The van der Waals surface area contributed by atoms with Crippen LogP contribution in [0, 0.1) is 17.8 Å². The Morgan fingerprint density at radius 1 is 1.86 bits per heavy atom. The van der Waals surface area contributed by atoms with Gasteiger partial charge < -0.3 is 0 Å². The van der Waals surface area contributed by atoms with Gasteiger partial charge in [0, 0.05) is 5.75 Å². The Kier molecular flexibility index (Phi) is 5.25. The highest BCUT2D eigenvalue weighted by Gasteiger charge is 1.77. The van der Waals surface area contributed by atoms with Crippen LogP contribution in [0.5, 0.6) is 0 Å². The van der Waals surface area contributed by atoms with Crippen LogP contribution in [0.4, 0.5) is 0 Å². The number of hydrogen-bond donors (Lipinski definition) is 0. The number of nitriles is 1. The molecule has 0 aliphatic rings. The summed E-state index contributed by atoms with van der Waals surface area (Å²) in [5.74, 6) is 0.750. The lowest BCUT2D eigenvalue weighted by Gasteiger charge is -1.80. The molecule has 1 radical (unpaired) electrons. The van der Waals surface area contributed by atoms with Gasteiger partial charge in [-0.15, -0.1) is 11.8 Å². The first-order valence-corrected chi connectivity index (χ1v) is 2.90. The number of nitrogens with zero attached hydrogens (tertiary/aromatic N) is 1. The van der Waals surface area contributed by atoms with Gasteiger partial charge >= 0.3 is 0 Å². The van der Waals surface area contributed by atoms with E-state index >= 15 is 0 Å². The fourth-order valence-corrected chi connectivity index (χ4v) is 0.460. The maximum absolute atomic E-state index is 7.94. The smallest absolute Gasteiger partial charge is 0.0723 e. The number of hydrogen-bond acceptors (Lipinski definition) is 2. The van der Waals surface area contributed by atoms with E-state index in [2.05, 4.69) is 6.58 Å². The van der Waals surface area contributed by atoms with Crippen molar-refractivity contribution in [2.24, 2.45) is 0 Å². The quantitative estimate of drug-likeness (QED) is 0.518. The highest BCUT2D eigenvalue weighted by atomic mass is 32.2. The summed E-state index contributed by atoms with van der Waals surface area (Å²) in [6.07, 6.45) is 1.53. The second-order valence-electron chi connectivity index (χ2n) is 0.833. The monoisotopic (exact) mass is 112 g/mol.